The second-order valence-corrected chi connectivity index (χ2v) is 7.62. The van der Waals surface area contributed by atoms with Crippen molar-refractivity contribution in [1.29, 1.82) is 0 Å². The van der Waals surface area contributed by atoms with Crippen LogP contribution in [0.1, 0.15) is 25.0 Å². The number of aryl methyl sites for hydroxylation is 1. The third kappa shape index (κ3) is 4.84. The smallest absolute Gasteiger partial charge is 0.168 e. The topological polar surface area (TPSA) is 79.2 Å². The SMILES string of the molecule is COc1c(-c2ccc(O)cc2)cc(C)c(-c2ccc(OCC=C(C)C)c(CO)c2)c1O. The summed E-state index contributed by atoms with van der Waals surface area (Å²) in [4.78, 5) is 0. The van der Waals surface area contributed by atoms with Crippen LogP contribution in [0.2, 0.25) is 0 Å². The van der Waals surface area contributed by atoms with Gasteiger partial charge in [0.25, 0.3) is 0 Å². The molecule has 5 nitrogen and oxygen atoms in total. The van der Waals surface area contributed by atoms with E-state index in [0.717, 1.165) is 27.8 Å². The van der Waals surface area contributed by atoms with E-state index in [0.29, 0.717) is 29.2 Å². The Morgan fingerprint density at radius 1 is 0.968 bits per heavy atom. The van der Waals surface area contributed by atoms with Crippen LogP contribution in [0, 0.1) is 6.92 Å². The number of ether oxygens (including phenoxy) is 2. The molecule has 31 heavy (non-hydrogen) atoms. The first-order valence-corrected chi connectivity index (χ1v) is 10.1. The zero-order valence-electron chi connectivity index (χ0n) is 18.3. The predicted molar refractivity (Wildman–Crippen MR) is 123 cm³/mol. The lowest BCUT2D eigenvalue weighted by molar-refractivity contribution is 0.270. The highest BCUT2D eigenvalue weighted by Crippen LogP contribution is 2.46. The van der Waals surface area contributed by atoms with Gasteiger partial charge in [0, 0.05) is 16.7 Å². The van der Waals surface area contributed by atoms with Gasteiger partial charge in [0.15, 0.2) is 11.5 Å². The Labute approximate surface area is 182 Å². The van der Waals surface area contributed by atoms with Crippen molar-refractivity contribution >= 4 is 0 Å². The van der Waals surface area contributed by atoms with Crippen LogP contribution in [0.3, 0.4) is 0 Å². The maximum Gasteiger partial charge on any atom is 0.168 e. The van der Waals surface area contributed by atoms with Gasteiger partial charge in [-0.05, 0) is 73.9 Å². The summed E-state index contributed by atoms with van der Waals surface area (Å²) < 4.78 is 11.3. The molecule has 3 N–H and O–H groups in total. The quantitative estimate of drug-likeness (QED) is 0.435. The van der Waals surface area contributed by atoms with E-state index >= 15 is 0 Å². The average molecular weight is 421 g/mol. The Bertz CT molecular complexity index is 1090. The van der Waals surface area contributed by atoms with E-state index < -0.39 is 0 Å². The van der Waals surface area contributed by atoms with Crippen LogP contribution in [0.4, 0.5) is 0 Å². The molecular formula is C26H28O5. The first-order chi connectivity index (χ1) is 14.8. The molecule has 0 aliphatic carbocycles. The van der Waals surface area contributed by atoms with Crippen LogP contribution >= 0.6 is 0 Å². The van der Waals surface area contributed by atoms with Crippen LogP contribution in [-0.2, 0) is 6.61 Å². The molecule has 0 fully saturated rings. The molecule has 5 heteroatoms. The zero-order valence-corrected chi connectivity index (χ0v) is 18.3. The largest absolute Gasteiger partial charge is 0.508 e. The minimum Gasteiger partial charge on any atom is -0.508 e. The molecule has 3 aromatic rings. The number of allylic oxidation sites excluding steroid dienone is 1. The molecule has 0 heterocycles. The molecule has 3 rings (SSSR count). The van der Waals surface area contributed by atoms with Crippen LogP contribution in [0.5, 0.6) is 23.0 Å². The molecular weight excluding hydrogens is 392 g/mol. The number of aliphatic hydroxyl groups excluding tert-OH is 1. The monoisotopic (exact) mass is 420 g/mol. The fraction of sp³-hybridized carbons (Fsp3) is 0.231. The number of benzene rings is 3. The summed E-state index contributed by atoms with van der Waals surface area (Å²) in [5.74, 6) is 1.14. The Balaban J connectivity index is 2.06. The van der Waals surface area contributed by atoms with E-state index in [1.807, 2.05) is 45.0 Å². The molecule has 0 aliphatic rings. The number of methoxy groups -OCH3 is 1. The summed E-state index contributed by atoms with van der Waals surface area (Å²) in [7, 11) is 1.51. The number of hydrogen-bond donors (Lipinski definition) is 3. The van der Waals surface area contributed by atoms with Crippen molar-refractivity contribution in [3.05, 3.63) is 71.3 Å². The van der Waals surface area contributed by atoms with Gasteiger partial charge in [0.2, 0.25) is 0 Å². The van der Waals surface area contributed by atoms with E-state index in [2.05, 4.69) is 0 Å². The van der Waals surface area contributed by atoms with Crippen molar-refractivity contribution in [2.45, 2.75) is 27.4 Å². The van der Waals surface area contributed by atoms with Crippen molar-refractivity contribution in [3.63, 3.8) is 0 Å². The molecule has 0 saturated heterocycles. The zero-order chi connectivity index (χ0) is 22.5. The Hall–Kier alpha value is -3.44. The average Bonchev–Trinajstić information content (AvgIpc) is 2.74. The molecule has 0 bridgehead atoms. The highest BCUT2D eigenvalue weighted by molar-refractivity contribution is 5.85. The van der Waals surface area contributed by atoms with Gasteiger partial charge in [0.05, 0.1) is 13.7 Å². The molecule has 0 amide bonds. The predicted octanol–water partition coefficient (Wildman–Crippen LogP) is 5.59. The molecule has 0 atom stereocenters. The van der Waals surface area contributed by atoms with E-state index in [-0.39, 0.29) is 18.1 Å². The Morgan fingerprint density at radius 2 is 1.65 bits per heavy atom. The number of rotatable bonds is 7. The lowest BCUT2D eigenvalue weighted by Crippen LogP contribution is -1.99. The maximum atomic E-state index is 11.1. The van der Waals surface area contributed by atoms with Crippen LogP contribution < -0.4 is 9.47 Å². The summed E-state index contributed by atoms with van der Waals surface area (Å²) in [6.07, 6.45) is 1.97. The summed E-state index contributed by atoms with van der Waals surface area (Å²) in [5, 5.41) is 30.5. The standard InChI is InChI=1S/C26H28O5/c1-16(2)11-12-31-23-10-7-19(14-20(23)15-27)24-17(3)13-22(26(30-4)25(24)29)18-5-8-21(28)9-6-18/h5-11,13-14,27-29H,12,15H2,1-4H3. The highest BCUT2D eigenvalue weighted by Gasteiger charge is 2.20. The van der Waals surface area contributed by atoms with Gasteiger partial charge >= 0.3 is 0 Å². The van der Waals surface area contributed by atoms with Crippen LogP contribution in [-0.4, -0.2) is 29.0 Å². The van der Waals surface area contributed by atoms with Crippen molar-refractivity contribution in [1.82, 2.24) is 0 Å². The van der Waals surface area contributed by atoms with E-state index in [1.54, 1.807) is 30.3 Å². The van der Waals surface area contributed by atoms with Gasteiger partial charge in [-0.15, -0.1) is 0 Å². The van der Waals surface area contributed by atoms with Crippen molar-refractivity contribution in [3.8, 4) is 45.3 Å². The molecule has 0 saturated carbocycles. The van der Waals surface area contributed by atoms with E-state index in [4.69, 9.17) is 9.47 Å². The molecule has 3 aromatic carbocycles. The first kappa shape index (κ1) is 22.2. The minimum atomic E-state index is -0.180. The Morgan fingerprint density at radius 3 is 2.26 bits per heavy atom. The third-order valence-corrected chi connectivity index (χ3v) is 5.08. The molecule has 0 spiro atoms. The number of aromatic hydroxyl groups is 2. The van der Waals surface area contributed by atoms with Gasteiger partial charge in [-0.1, -0.05) is 23.8 Å². The summed E-state index contributed by atoms with van der Waals surface area (Å²) >= 11 is 0. The molecule has 0 aromatic heterocycles. The van der Waals surface area contributed by atoms with Crippen LogP contribution in [0.15, 0.2) is 60.2 Å². The fourth-order valence-corrected chi connectivity index (χ4v) is 3.51. The van der Waals surface area contributed by atoms with Gasteiger partial charge in [-0.2, -0.15) is 0 Å². The van der Waals surface area contributed by atoms with Gasteiger partial charge < -0.3 is 24.8 Å². The second kappa shape index (κ2) is 9.58. The first-order valence-electron chi connectivity index (χ1n) is 10.1. The maximum absolute atomic E-state index is 11.1. The van der Waals surface area contributed by atoms with Gasteiger partial charge in [-0.25, -0.2) is 0 Å². The summed E-state index contributed by atoms with van der Waals surface area (Å²) in [6.45, 7) is 6.16. The lowest BCUT2D eigenvalue weighted by Gasteiger charge is -2.18. The summed E-state index contributed by atoms with van der Waals surface area (Å²) in [5.41, 5.74) is 5.57. The van der Waals surface area contributed by atoms with E-state index in [9.17, 15) is 15.3 Å². The molecule has 0 aliphatic heterocycles. The Kier molecular flexibility index (Phi) is 6.88. The third-order valence-electron chi connectivity index (χ3n) is 5.08. The van der Waals surface area contributed by atoms with E-state index in [1.165, 1.54) is 7.11 Å². The normalized spacial score (nSPS) is 10.6. The van der Waals surface area contributed by atoms with Crippen molar-refractivity contribution in [2.75, 3.05) is 13.7 Å². The number of phenols is 2. The van der Waals surface area contributed by atoms with Crippen molar-refractivity contribution in [2.24, 2.45) is 0 Å². The number of aliphatic hydroxyl groups is 1. The van der Waals surface area contributed by atoms with Gasteiger partial charge in [-0.3, -0.25) is 0 Å². The fourth-order valence-electron chi connectivity index (χ4n) is 3.51. The van der Waals surface area contributed by atoms with Gasteiger partial charge in [0.1, 0.15) is 18.1 Å². The number of hydrogen-bond acceptors (Lipinski definition) is 5. The van der Waals surface area contributed by atoms with Crippen LogP contribution in [0.25, 0.3) is 22.3 Å². The highest BCUT2D eigenvalue weighted by atomic mass is 16.5. The minimum absolute atomic E-state index is 0.0210. The molecule has 0 unspecified atom stereocenters. The molecule has 162 valence electrons. The lowest BCUT2D eigenvalue weighted by atomic mass is 9.92. The second-order valence-electron chi connectivity index (χ2n) is 7.62. The molecule has 0 radical (unpaired) electrons. The summed E-state index contributed by atoms with van der Waals surface area (Å²) in [6, 6.07) is 14.2. The number of phenolic OH excluding ortho intramolecular Hbond substituents is 2. The van der Waals surface area contributed by atoms with Crippen molar-refractivity contribution < 1.29 is 24.8 Å².